The average molecular weight is 246 g/mol. The lowest BCUT2D eigenvalue weighted by Gasteiger charge is -2.03. The zero-order chi connectivity index (χ0) is 12.5. The second-order valence-electron chi connectivity index (χ2n) is 2.63. The van der Waals surface area contributed by atoms with Crippen LogP contribution in [-0.4, -0.2) is 15.8 Å². The van der Waals surface area contributed by atoms with Crippen molar-refractivity contribution in [3.8, 4) is 0 Å². The fourth-order valence-electron chi connectivity index (χ4n) is 0.978. The number of rotatable bonds is 3. The molecule has 16 heavy (non-hydrogen) atoms. The number of nitrogens with zero attached hydrogens (tertiary/aromatic N) is 2. The van der Waals surface area contributed by atoms with Crippen LogP contribution < -0.4 is 5.11 Å². The number of carbonyl (C=O) groups is 1. The SMILES string of the molecule is O=C([O-])c1cc([N+](=O)[O-])c(Cl)c([N+](=O)[O-])c1. The van der Waals surface area contributed by atoms with Crippen molar-refractivity contribution in [1.29, 1.82) is 0 Å². The first kappa shape index (κ1) is 11.9. The Bertz CT molecular complexity index is 465. The minimum atomic E-state index is -1.76. The quantitative estimate of drug-likeness (QED) is 0.564. The molecule has 9 heteroatoms. The highest BCUT2D eigenvalue weighted by Gasteiger charge is 2.25. The molecule has 84 valence electrons. The first-order valence-electron chi connectivity index (χ1n) is 3.68. The standard InChI is InChI=1S/C7H3ClN2O6/c8-6-4(9(13)14)1-3(7(11)12)2-5(6)10(15)16/h1-2H,(H,11,12)/p-1. The highest BCUT2D eigenvalue weighted by atomic mass is 35.5. The molecule has 1 rings (SSSR count). The molecular weight excluding hydrogens is 244 g/mol. The van der Waals surface area contributed by atoms with Gasteiger partial charge in [0.05, 0.1) is 15.8 Å². The molecule has 0 amide bonds. The number of carbonyl (C=O) groups excluding carboxylic acids is 1. The minimum absolute atomic E-state index is 0.602. The van der Waals surface area contributed by atoms with Crippen LogP contribution >= 0.6 is 11.6 Å². The number of hydrogen-bond acceptors (Lipinski definition) is 6. The van der Waals surface area contributed by atoms with E-state index < -0.39 is 37.8 Å². The number of nitro benzene ring substituents is 2. The van der Waals surface area contributed by atoms with Crippen molar-refractivity contribution in [3.05, 3.63) is 42.9 Å². The van der Waals surface area contributed by atoms with Crippen molar-refractivity contribution >= 4 is 28.9 Å². The molecular formula is C7H2ClN2O6-. The monoisotopic (exact) mass is 245 g/mol. The highest BCUT2D eigenvalue weighted by molar-refractivity contribution is 6.34. The number of nitro groups is 2. The zero-order valence-corrected chi connectivity index (χ0v) is 8.13. The summed E-state index contributed by atoms with van der Waals surface area (Å²) in [5, 5.41) is 30.7. The number of carboxylic acid groups (broad SMARTS) is 1. The Balaban J connectivity index is 3.57. The molecule has 0 radical (unpaired) electrons. The van der Waals surface area contributed by atoms with Crippen LogP contribution in [0.25, 0.3) is 0 Å². The van der Waals surface area contributed by atoms with Crippen LogP contribution in [0.2, 0.25) is 5.02 Å². The molecule has 0 aliphatic carbocycles. The lowest BCUT2D eigenvalue weighted by atomic mass is 10.2. The predicted molar refractivity (Wildman–Crippen MR) is 49.1 cm³/mol. The normalized spacial score (nSPS) is 9.81. The molecule has 0 unspecified atom stereocenters. The van der Waals surface area contributed by atoms with Crippen LogP contribution in [0.4, 0.5) is 11.4 Å². The van der Waals surface area contributed by atoms with Crippen LogP contribution in [0.3, 0.4) is 0 Å². The van der Waals surface area contributed by atoms with E-state index in [-0.39, 0.29) is 0 Å². The molecule has 8 nitrogen and oxygen atoms in total. The van der Waals surface area contributed by atoms with Gasteiger partial charge in [0.1, 0.15) is 0 Å². The number of halogens is 1. The van der Waals surface area contributed by atoms with Crippen LogP contribution in [0, 0.1) is 20.2 Å². The molecule has 0 fully saturated rings. The summed E-state index contributed by atoms with van der Waals surface area (Å²) in [4.78, 5) is 29.4. The summed E-state index contributed by atoms with van der Waals surface area (Å²) in [5.41, 5.74) is -2.38. The van der Waals surface area contributed by atoms with Crippen molar-refractivity contribution in [1.82, 2.24) is 0 Å². The lowest BCUT2D eigenvalue weighted by Crippen LogP contribution is -2.22. The third-order valence-electron chi connectivity index (χ3n) is 1.66. The van der Waals surface area contributed by atoms with Gasteiger partial charge in [0, 0.05) is 17.7 Å². The van der Waals surface area contributed by atoms with E-state index in [0.29, 0.717) is 12.1 Å². The van der Waals surface area contributed by atoms with E-state index in [2.05, 4.69) is 0 Å². The fourth-order valence-corrected chi connectivity index (χ4v) is 1.22. The van der Waals surface area contributed by atoms with Gasteiger partial charge in [0.15, 0.2) is 5.02 Å². The maximum absolute atomic E-state index is 10.5. The number of hydrogen-bond donors (Lipinski definition) is 0. The molecule has 1 aromatic rings. The van der Waals surface area contributed by atoms with Gasteiger partial charge in [-0.1, -0.05) is 11.6 Å². The van der Waals surface area contributed by atoms with Gasteiger partial charge >= 0.3 is 0 Å². The van der Waals surface area contributed by atoms with E-state index >= 15 is 0 Å². The molecule has 1 aromatic carbocycles. The highest BCUT2D eigenvalue weighted by Crippen LogP contribution is 2.34. The van der Waals surface area contributed by atoms with Gasteiger partial charge in [-0.3, -0.25) is 20.2 Å². The van der Waals surface area contributed by atoms with Crippen LogP contribution in [0.5, 0.6) is 0 Å². The molecule has 0 bridgehead atoms. The maximum Gasteiger partial charge on any atom is 0.295 e. The Hall–Kier alpha value is -2.22. The fraction of sp³-hybridized carbons (Fsp3) is 0. The van der Waals surface area contributed by atoms with Crippen LogP contribution in [-0.2, 0) is 0 Å². The molecule has 0 atom stereocenters. The molecule has 0 saturated carbocycles. The second kappa shape index (κ2) is 4.11. The molecule has 0 aromatic heterocycles. The van der Waals surface area contributed by atoms with Crippen molar-refractivity contribution in [2.75, 3.05) is 0 Å². The van der Waals surface area contributed by atoms with E-state index in [1.165, 1.54) is 0 Å². The predicted octanol–water partition coefficient (Wildman–Crippen LogP) is 0.520. The zero-order valence-electron chi connectivity index (χ0n) is 7.38. The van der Waals surface area contributed by atoms with Gasteiger partial charge in [-0.25, -0.2) is 0 Å². The van der Waals surface area contributed by atoms with Gasteiger partial charge in [0.25, 0.3) is 11.4 Å². The Morgan fingerprint density at radius 3 is 1.75 bits per heavy atom. The Morgan fingerprint density at radius 2 is 1.50 bits per heavy atom. The Kier molecular flexibility index (Phi) is 3.04. The topological polar surface area (TPSA) is 126 Å². The number of benzene rings is 1. The summed E-state index contributed by atoms with van der Waals surface area (Å²) in [6.45, 7) is 0. The van der Waals surface area contributed by atoms with E-state index in [9.17, 15) is 30.1 Å². The third-order valence-corrected chi connectivity index (χ3v) is 2.05. The smallest absolute Gasteiger partial charge is 0.295 e. The first-order valence-corrected chi connectivity index (χ1v) is 4.06. The van der Waals surface area contributed by atoms with Gasteiger partial charge < -0.3 is 9.90 Å². The van der Waals surface area contributed by atoms with E-state index in [1.54, 1.807) is 0 Å². The molecule has 0 spiro atoms. The summed E-state index contributed by atoms with van der Waals surface area (Å²) in [5.74, 6) is -1.76. The van der Waals surface area contributed by atoms with Crippen molar-refractivity contribution < 1.29 is 19.7 Å². The first-order chi connectivity index (χ1) is 7.34. The van der Waals surface area contributed by atoms with Gasteiger partial charge in [-0.2, -0.15) is 0 Å². The van der Waals surface area contributed by atoms with Crippen LogP contribution in [0.15, 0.2) is 12.1 Å². The van der Waals surface area contributed by atoms with E-state index in [1.807, 2.05) is 0 Å². The van der Waals surface area contributed by atoms with Crippen LogP contribution in [0.1, 0.15) is 10.4 Å². The maximum atomic E-state index is 10.5. The molecule has 0 N–H and O–H groups in total. The molecule has 0 heterocycles. The minimum Gasteiger partial charge on any atom is -0.545 e. The summed E-state index contributed by atoms with van der Waals surface area (Å²) < 4.78 is 0. The summed E-state index contributed by atoms with van der Waals surface area (Å²) >= 11 is 5.38. The average Bonchev–Trinajstić information content (AvgIpc) is 2.16. The number of carboxylic acids is 1. The van der Waals surface area contributed by atoms with Gasteiger partial charge in [-0.05, 0) is 0 Å². The Morgan fingerprint density at radius 1 is 1.12 bits per heavy atom. The largest absolute Gasteiger partial charge is 0.545 e. The molecule has 0 aliphatic rings. The lowest BCUT2D eigenvalue weighted by molar-refractivity contribution is -0.394. The molecule has 0 aliphatic heterocycles. The van der Waals surface area contributed by atoms with E-state index in [0.717, 1.165) is 0 Å². The Labute approximate surface area is 92.4 Å². The van der Waals surface area contributed by atoms with Gasteiger partial charge in [0.2, 0.25) is 0 Å². The van der Waals surface area contributed by atoms with Gasteiger partial charge in [-0.15, -0.1) is 0 Å². The van der Waals surface area contributed by atoms with Crippen molar-refractivity contribution in [2.45, 2.75) is 0 Å². The summed E-state index contributed by atoms with van der Waals surface area (Å²) in [6, 6.07) is 1.20. The summed E-state index contributed by atoms with van der Waals surface area (Å²) in [6.07, 6.45) is 0. The summed E-state index contributed by atoms with van der Waals surface area (Å²) in [7, 11) is 0. The van der Waals surface area contributed by atoms with Crippen molar-refractivity contribution in [2.24, 2.45) is 0 Å². The van der Waals surface area contributed by atoms with Crippen molar-refractivity contribution in [3.63, 3.8) is 0 Å². The molecule has 0 saturated heterocycles. The third kappa shape index (κ3) is 2.06. The number of aromatic carboxylic acids is 1. The second-order valence-corrected chi connectivity index (χ2v) is 3.01. The van der Waals surface area contributed by atoms with E-state index in [4.69, 9.17) is 11.6 Å².